The number of carbonyl (C=O) groups excluding carboxylic acids is 1. The number of hydrogen-bond donors (Lipinski definition) is 1. The van der Waals surface area contributed by atoms with E-state index in [1.165, 1.54) is 0 Å². The minimum Gasteiger partial charge on any atom is -0.316 e. The number of fused-ring (bicyclic) bond motifs is 2. The standard InChI is InChI=1S/C17H15ClN4O/c18-12-5-6-13-15(9-12)20-8-7-16(13)22(17(19)23)10-11-3-1-2-4-14(11)21-22/h5-10H,1-4H2,(H-,19,23)/p+1. The molecule has 1 unspecified atom stereocenters. The molecule has 6 heteroatoms. The first-order valence-corrected chi connectivity index (χ1v) is 8.03. The first-order valence-electron chi connectivity index (χ1n) is 7.65. The van der Waals surface area contributed by atoms with Gasteiger partial charge in [-0.1, -0.05) is 21.3 Å². The number of nitrogens with zero attached hydrogens (tertiary/aromatic N) is 3. The monoisotopic (exact) mass is 327 g/mol. The van der Waals surface area contributed by atoms with Crippen LogP contribution in [0.1, 0.15) is 25.7 Å². The molecule has 0 saturated heterocycles. The van der Waals surface area contributed by atoms with Gasteiger partial charge in [0.2, 0.25) is 0 Å². The van der Waals surface area contributed by atoms with E-state index in [0.29, 0.717) is 10.7 Å². The van der Waals surface area contributed by atoms with Crippen molar-refractivity contribution in [2.45, 2.75) is 25.7 Å². The molecule has 2 heterocycles. The van der Waals surface area contributed by atoms with Crippen LogP contribution >= 0.6 is 11.6 Å². The Labute approximate surface area is 138 Å². The number of benzene rings is 1. The van der Waals surface area contributed by atoms with Crippen LogP contribution in [0.2, 0.25) is 5.02 Å². The molecule has 1 saturated carbocycles. The average molecular weight is 328 g/mol. The van der Waals surface area contributed by atoms with Gasteiger partial charge in [0.1, 0.15) is 11.9 Å². The van der Waals surface area contributed by atoms with Crippen molar-refractivity contribution in [3.63, 3.8) is 0 Å². The van der Waals surface area contributed by atoms with E-state index in [-0.39, 0.29) is 4.59 Å². The molecule has 23 heavy (non-hydrogen) atoms. The first kappa shape index (κ1) is 14.4. The van der Waals surface area contributed by atoms with Crippen molar-refractivity contribution in [2.75, 3.05) is 0 Å². The summed E-state index contributed by atoms with van der Waals surface area (Å²) < 4.78 is -0.314. The van der Waals surface area contributed by atoms with E-state index in [4.69, 9.17) is 22.4 Å². The molecule has 2 aliphatic rings. The first-order chi connectivity index (χ1) is 11.1. The highest BCUT2D eigenvalue weighted by atomic mass is 35.5. The van der Waals surface area contributed by atoms with Gasteiger partial charge in [-0.3, -0.25) is 4.98 Å². The van der Waals surface area contributed by atoms with Gasteiger partial charge in [-0.25, -0.2) is 4.79 Å². The number of quaternary nitrogens is 1. The van der Waals surface area contributed by atoms with Crippen LogP contribution in [0.4, 0.5) is 10.5 Å². The summed E-state index contributed by atoms with van der Waals surface area (Å²) in [4.78, 5) is 16.7. The smallest absolute Gasteiger partial charge is 0.316 e. The van der Waals surface area contributed by atoms with Crippen molar-refractivity contribution in [1.29, 1.82) is 0 Å². The lowest BCUT2D eigenvalue weighted by atomic mass is 9.94. The molecule has 5 nitrogen and oxygen atoms in total. The van der Waals surface area contributed by atoms with Gasteiger partial charge in [0.25, 0.3) is 0 Å². The van der Waals surface area contributed by atoms with Gasteiger partial charge in [0.05, 0.1) is 10.9 Å². The van der Waals surface area contributed by atoms with Crippen molar-refractivity contribution >= 4 is 39.9 Å². The second-order valence-electron chi connectivity index (χ2n) is 5.92. The zero-order chi connectivity index (χ0) is 16.0. The Morgan fingerprint density at radius 3 is 2.83 bits per heavy atom. The quantitative estimate of drug-likeness (QED) is 0.801. The number of urea groups is 1. The number of primary amides is 1. The zero-order valence-corrected chi connectivity index (χ0v) is 13.3. The number of rotatable bonds is 1. The van der Waals surface area contributed by atoms with Crippen molar-refractivity contribution in [2.24, 2.45) is 10.8 Å². The largest absolute Gasteiger partial charge is 0.450 e. The molecule has 116 valence electrons. The van der Waals surface area contributed by atoms with E-state index in [1.807, 2.05) is 12.3 Å². The minimum absolute atomic E-state index is 0.314. The Kier molecular flexibility index (Phi) is 3.21. The van der Waals surface area contributed by atoms with Crippen LogP contribution in [0.15, 0.2) is 47.3 Å². The molecule has 1 aliphatic carbocycles. The fourth-order valence-corrected chi connectivity index (χ4v) is 3.54. The van der Waals surface area contributed by atoms with Crippen molar-refractivity contribution in [3.8, 4) is 0 Å². The maximum absolute atomic E-state index is 12.4. The summed E-state index contributed by atoms with van der Waals surface area (Å²) in [5.41, 5.74) is 9.34. The number of nitrogens with two attached hydrogens (primary N) is 1. The van der Waals surface area contributed by atoms with E-state index in [9.17, 15) is 4.79 Å². The minimum atomic E-state index is -0.512. The third kappa shape index (κ3) is 2.16. The molecule has 2 N–H and O–H groups in total. The molecule has 1 aliphatic heterocycles. The number of allylic oxidation sites excluding steroid dienone is 1. The lowest BCUT2D eigenvalue weighted by Gasteiger charge is -2.21. The van der Waals surface area contributed by atoms with Gasteiger partial charge in [-0.15, -0.1) is 0 Å². The second-order valence-corrected chi connectivity index (χ2v) is 6.36. The summed E-state index contributed by atoms with van der Waals surface area (Å²) in [5, 5.41) is 6.14. The van der Waals surface area contributed by atoms with E-state index in [2.05, 4.69) is 4.98 Å². The molecule has 2 aromatic rings. The van der Waals surface area contributed by atoms with Crippen molar-refractivity contribution < 1.29 is 4.79 Å². The highest BCUT2D eigenvalue weighted by Crippen LogP contribution is 2.39. The van der Waals surface area contributed by atoms with Crippen LogP contribution in [0, 0.1) is 0 Å². The molecule has 0 radical (unpaired) electrons. The zero-order valence-electron chi connectivity index (χ0n) is 12.5. The molecule has 4 rings (SSSR count). The lowest BCUT2D eigenvalue weighted by Crippen LogP contribution is -2.47. The predicted octanol–water partition coefficient (Wildman–Crippen LogP) is 4.10. The number of carbonyl (C=O) groups is 1. The van der Waals surface area contributed by atoms with Crippen molar-refractivity contribution in [3.05, 3.63) is 47.3 Å². The van der Waals surface area contributed by atoms with Gasteiger partial charge in [-0.2, -0.15) is 0 Å². The van der Waals surface area contributed by atoms with Gasteiger partial charge < -0.3 is 5.73 Å². The van der Waals surface area contributed by atoms with Crippen LogP contribution in [0.25, 0.3) is 10.9 Å². The molecule has 0 bridgehead atoms. The van der Waals surface area contributed by atoms with Crippen LogP contribution in [0.5, 0.6) is 0 Å². The molecule has 1 aromatic heterocycles. The molecule has 1 fully saturated rings. The molecule has 0 spiro atoms. The topological polar surface area (TPSA) is 68.3 Å². The van der Waals surface area contributed by atoms with E-state index in [1.54, 1.807) is 24.4 Å². The summed E-state index contributed by atoms with van der Waals surface area (Å²) in [7, 11) is 0. The number of amides is 2. The third-order valence-electron chi connectivity index (χ3n) is 4.49. The van der Waals surface area contributed by atoms with Gasteiger partial charge in [0, 0.05) is 22.9 Å². The molecule has 1 aromatic carbocycles. The number of aromatic nitrogens is 1. The summed E-state index contributed by atoms with van der Waals surface area (Å²) >= 11 is 6.05. The van der Waals surface area contributed by atoms with Crippen LogP contribution in [0.3, 0.4) is 0 Å². The van der Waals surface area contributed by atoms with Gasteiger partial charge >= 0.3 is 6.03 Å². The fourth-order valence-electron chi connectivity index (χ4n) is 3.37. The van der Waals surface area contributed by atoms with Crippen LogP contribution in [-0.2, 0) is 0 Å². The van der Waals surface area contributed by atoms with Gasteiger partial charge in [-0.05, 0) is 43.9 Å². The molecule has 2 amide bonds. The van der Waals surface area contributed by atoms with Crippen LogP contribution in [-0.4, -0.2) is 16.7 Å². The SMILES string of the molecule is NC(=O)[N+]1(c2ccnc3cc(Cl)ccc23)C=C2CCCCC2=N1. The fraction of sp³-hybridized carbons (Fsp3) is 0.235. The van der Waals surface area contributed by atoms with E-state index in [0.717, 1.165) is 47.9 Å². The Hall–Kier alpha value is -2.24. The molecular formula is C17H16ClN4O+. The number of pyridine rings is 1. The highest BCUT2D eigenvalue weighted by molar-refractivity contribution is 6.31. The average Bonchev–Trinajstić information content (AvgIpc) is 2.94. The van der Waals surface area contributed by atoms with E-state index < -0.39 is 6.03 Å². The Balaban J connectivity index is 1.99. The summed E-state index contributed by atoms with van der Waals surface area (Å²) in [6.07, 6.45) is 7.62. The van der Waals surface area contributed by atoms with Gasteiger partial charge in [0.15, 0.2) is 5.69 Å². The van der Waals surface area contributed by atoms with Crippen LogP contribution < -0.4 is 10.3 Å². The lowest BCUT2D eigenvalue weighted by molar-refractivity contribution is 0.227. The Morgan fingerprint density at radius 1 is 1.22 bits per heavy atom. The summed E-state index contributed by atoms with van der Waals surface area (Å²) in [6, 6.07) is 6.72. The number of hydrogen-bond acceptors (Lipinski definition) is 3. The molecule has 1 atom stereocenters. The maximum Gasteiger partial charge on any atom is 0.450 e. The Morgan fingerprint density at radius 2 is 2.04 bits per heavy atom. The highest BCUT2D eigenvalue weighted by Gasteiger charge is 2.45. The summed E-state index contributed by atoms with van der Waals surface area (Å²) in [5.74, 6) is 0. The summed E-state index contributed by atoms with van der Waals surface area (Å²) in [6.45, 7) is 0. The van der Waals surface area contributed by atoms with E-state index >= 15 is 0 Å². The maximum atomic E-state index is 12.4. The molecular weight excluding hydrogens is 312 g/mol. The third-order valence-corrected chi connectivity index (χ3v) is 4.72. The number of halogens is 1. The second kappa shape index (κ2) is 5.15. The predicted molar refractivity (Wildman–Crippen MR) is 92.1 cm³/mol. The normalized spacial score (nSPS) is 23.3. The van der Waals surface area contributed by atoms with Crippen molar-refractivity contribution in [1.82, 2.24) is 9.58 Å². The Bertz CT molecular complexity index is 865.